The third-order valence-electron chi connectivity index (χ3n) is 3.01. The third-order valence-corrected chi connectivity index (χ3v) is 3.23. The standard InChI is InChI=1S/C16H18N2O3S/c1-3-10-20-16(19)13-7-5-6-12(4-2)14(13)11-21-15-8-9-18(22)17-15/h4-9,22H,2-3,10-11H2,1H3. The Labute approximate surface area is 135 Å². The number of hydrogen-bond donors (Lipinski definition) is 1. The van der Waals surface area contributed by atoms with E-state index in [1.54, 1.807) is 30.5 Å². The highest BCUT2D eigenvalue weighted by atomic mass is 32.1. The van der Waals surface area contributed by atoms with Crippen molar-refractivity contribution in [3.63, 3.8) is 0 Å². The number of rotatable bonds is 7. The Hall–Kier alpha value is -2.21. The minimum Gasteiger partial charge on any atom is -0.472 e. The van der Waals surface area contributed by atoms with Gasteiger partial charge in [-0.15, -0.1) is 5.10 Å². The van der Waals surface area contributed by atoms with E-state index in [1.807, 2.05) is 13.0 Å². The molecule has 0 saturated carbocycles. The quantitative estimate of drug-likeness (QED) is 0.628. The molecular formula is C16H18N2O3S. The van der Waals surface area contributed by atoms with E-state index in [0.717, 1.165) is 17.5 Å². The highest BCUT2D eigenvalue weighted by molar-refractivity contribution is 7.78. The van der Waals surface area contributed by atoms with Crippen molar-refractivity contribution in [2.45, 2.75) is 20.0 Å². The van der Waals surface area contributed by atoms with Crippen molar-refractivity contribution in [1.29, 1.82) is 0 Å². The van der Waals surface area contributed by atoms with E-state index in [4.69, 9.17) is 9.47 Å². The van der Waals surface area contributed by atoms with Gasteiger partial charge < -0.3 is 9.47 Å². The van der Waals surface area contributed by atoms with Crippen LogP contribution in [0.1, 0.15) is 34.8 Å². The topological polar surface area (TPSA) is 53.4 Å². The summed E-state index contributed by atoms with van der Waals surface area (Å²) in [5.41, 5.74) is 2.04. The molecule has 2 aromatic rings. The minimum absolute atomic E-state index is 0.198. The molecule has 0 atom stereocenters. The lowest BCUT2D eigenvalue weighted by Crippen LogP contribution is -2.12. The van der Waals surface area contributed by atoms with Crippen LogP contribution in [0.15, 0.2) is 37.0 Å². The zero-order valence-electron chi connectivity index (χ0n) is 12.4. The monoisotopic (exact) mass is 318 g/mol. The van der Waals surface area contributed by atoms with Gasteiger partial charge in [-0.1, -0.05) is 31.7 Å². The van der Waals surface area contributed by atoms with Crippen LogP contribution in [0.3, 0.4) is 0 Å². The third kappa shape index (κ3) is 3.92. The summed E-state index contributed by atoms with van der Waals surface area (Å²) in [4.78, 5) is 12.2. The van der Waals surface area contributed by atoms with Crippen molar-refractivity contribution in [2.75, 3.05) is 6.61 Å². The molecular weight excluding hydrogens is 300 g/mol. The maximum atomic E-state index is 12.2. The van der Waals surface area contributed by atoms with Crippen LogP contribution in [0.25, 0.3) is 6.08 Å². The van der Waals surface area contributed by atoms with Crippen LogP contribution < -0.4 is 4.74 Å². The summed E-state index contributed by atoms with van der Waals surface area (Å²) in [5.74, 6) is 0.0746. The summed E-state index contributed by atoms with van der Waals surface area (Å²) in [7, 11) is 0. The van der Waals surface area contributed by atoms with Crippen LogP contribution in [0.2, 0.25) is 0 Å². The van der Waals surface area contributed by atoms with Gasteiger partial charge in [-0.3, -0.25) is 0 Å². The molecule has 0 aliphatic carbocycles. The van der Waals surface area contributed by atoms with Gasteiger partial charge in [-0.2, -0.15) is 0 Å². The Kier molecular flexibility index (Phi) is 5.66. The Balaban J connectivity index is 2.22. The number of thiol groups is 1. The lowest BCUT2D eigenvalue weighted by Gasteiger charge is -2.12. The molecule has 0 fully saturated rings. The van der Waals surface area contributed by atoms with Gasteiger partial charge in [-0.25, -0.2) is 8.88 Å². The number of benzene rings is 1. The second-order valence-corrected chi connectivity index (χ2v) is 4.99. The zero-order chi connectivity index (χ0) is 15.9. The van der Waals surface area contributed by atoms with Crippen LogP contribution in [0, 0.1) is 0 Å². The first-order valence-electron chi connectivity index (χ1n) is 6.95. The van der Waals surface area contributed by atoms with Gasteiger partial charge in [-0.05, 0) is 30.9 Å². The van der Waals surface area contributed by atoms with E-state index >= 15 is 0 Å². The highest BCUT2D eigenvalue weighted by Gasteiger charge is 2.16. The fourth-order valence-electron chi connectivity index (χ4n) is 1.94. The summed E-state index contributed by atoms with van der Waals surface area (Å²) in [6.07, 6.45) is 4.12. The number of aromatic nitrogens is 2. The predicted molar refractivity (Wildman–Crippen MR) is 88.0 cm³/mol. The van der Waals surface area contributed by atoms with E-state index in [2.05, 4.69) is 24.5 Å². The molecule has 0 aliphatic rings. The molecule has 0 bridgehead atoms. The molecule has 5 nitrogen and oxygen atoms in total. The summed E-state index contributed by atoms with van der Waals surface area (Å²) in [6, 6.07) is 7.09. The van der Waals surface area contributed by atoms with Gasteiger partial charge in [0.05, 0.1) is 12.2 Å². The SMILES string of the molecule is C=Cc1cccc(C(=O)OCCC)c1COc1ccn(S)n1. The number of esters is 1. The fraction of sp³-hybridized carbons (Fsp3) is 0.250. The molecule has 0 unspecified atom stereocenters. The summed E-state index contributed by atoms with van der Waals surface area (Å²) in [6.45, 7) is 6.31. The Bertz CT molecular complexity index is 667. The lowest BCUT2D eigenvalue weighted by atomic mass is 10.0. The van der Waals surface area contributed by atoms with E-state index in [0.29, 0.717) is 18.1 Å². The molecule has 0 saturated heterocycles. The molecule has 0 radical (unpaired) electrons. The second kappa shape index (κ2) is 7.70. The van der Waals surface area contributed by atoms with Crippen molar-refractivity contribution >= 4 is 24.9 Å². The molecule has 1 aromatic heterocycles. The highest BCUT2D eigenvalue weighted by Crippen LogP contribution is 2.20. The average molecular weight is 318 g/mol. The first-order valence-corrected chi connectivity index (χ1v) is 7.35. The Morgan fingerprint density at radius 3 is 2.91 bits per heavy atom. The minimum atomic E-state index is -0.358. The summed E-state index contributed by atoms with van der Waals surface area (Å²) >= 11 is 4.05. The van der Waals surface area contributed by atoms with E-state index in [9.17, 15) is 4.79 Å². The Morgan fingerprint density at radius 2 is 2.27 bits per heavy atom. The van der Waals surface area contributed by atoms with Crippen molar-refractivity contribution < 1.29 is 14.3 Å². The van der Waals surface area contributed by atoms with E-state index < -0.39 is 0 Å². The number of carbonyl (C=O) groups excluding carboxylic acids is 1. The van der Waals surface area contributed by atoms with Gasteiger partial charge in [0, 0.05) is 17.8 Å². The molecule has 0 N–H and O–H groups in total. The predicted octanol–water partition coefficient (Wildman–Crippen LogP) is 3.36. The van der Waals surface area contributed by atoms with Crippen molar-refractivity contribution in [2.24, 2.45) is 0 Å². The van der Waals surface area contributed by atoms with Crippen molar-refractivity contribution in [3.05, 3.63) is 53.7 Å². The Morgan fingerprint density at radius 1 is 1.45 bits per heavy atom. The fourth-order valence-corrected chi connectivity index (χ4v) is 2.10. The molecule has 0 aliphatic heterocycles. The molecule has 6 heteroatoms. The first kappa shape index (κ1) is 16.2. The lowest BCUT2D eigenvalue weighted by molar-refractivity contribution is 0.0502. The summed E-state index contributed by atoms with van der Waals surface area (Å²) in [5, 5.41) is 4.02. The van der Waals surface area contributed by atoms with Crippen molar-refractivity contribution in [3.8, 4) is 5.88 Å². The molecule has 1 aromatic carbocycles. The van der Waals surface area contributed by atoms with E-state index in [1.165, 1.54) is 4.09 Å². The molecule has 22 heavy (non-hydrogen) atoms. The van der Waals surface area contributed by atoms with Gasteiger partial charge in [0.2, 0.25) is 5.88 Å². The van der Waals surface area contributed by atoms with Crippen LogP contribution in [-0.4, -0.2) is 21.8 Å². The molecule has 1 heterocycles. The number of hydrogen-bond acceptors (Lipinski definition) is 5. The van der Waals surface area contributed by atoms with Crippen molar-refractivity contribution in [1.82, 2.24) is 9.19 Å². The van der Waals surface area contributed by atoms with Crippen LogP contribution >= 0.6 is 12.8 Å². The zero-order valence-corrected chi connectivity index (χ0v) is 13.3. The second-order valence-electron chi connectivity index (χ2n) is 4.58. The van der Waals surface area contributed by atoms with Gasteiger partial charge >= 0.3 is 5.97 Å². The normalized spacial score (nSPS) is 10.3. The molecule has 0 spiro atoms. The van der Waals surface area contributed by atoms with Gasteiger partial charge in [0.25, 0.3) is 0 Å². The molecule has 116 valence electrons. The average Bonchev–Trinajstić information content (AvgIpc) is 2.95. The van der Waals surface area contributed by atoms with E-state index in [-0.39, 0.29) is 12.6 Å². The number of carbonyl (C=O) groups is 1. The van der Waals surface area contributed by atoms with Crippen LogP contribution in [0.4, 0.5) is 0 Å². The largest absolute Gasteiger partial charge is 0.472 e. The first-order chi connectivity index (χ1) is 10.7. The maximum absolute atomic E-state index is 12.2. The van der Waals surface area contributed by atoms with Crippen LogP contribution in [0.5, 0.6) is 5.88 Å². The van der Waals surface area contributed by atoms with Crippen LogP contribution in [-0.2, 0) is 11.3 Å². The molecule has 0 amide bonds. The van der Waals surface area contributed by atoms with Gasteiger partial charge in [0.1, 0.15) is 6.61 Å². The smallest absolute Gasteiger partial charge is 0.338 e. The number of nitrogens with zero attached hydrogens (tertiary/aromatic N) is 2. The molecule has 2 rings (SSSR count). The maximum Gasteiger partial charge on any atom is 0.338 e. The number of ether oxygens (including phenoxy) is 2. The van der Waals surface area contributed by atoms with Gasteiger partial charge in [0.15, 0.2) is 0 Å². The summed E-state index contributed by atoms with van der Waals surface area (Å²) < 4.78 is 12.2.